The van der Waals surface area contributed by atoms with Gasteiger partial charge in [0.1, 0.15) is 11.7 Å². The molecule has 0 amide bonds. The van der Waals surface area contributed by atoms with Crippen molar-refractivity contribution in [1.29, 1.82) is 5.26 Å². The molecule has 1 atom stereocenters. The van der Waals surface area contributed by atoms with Gasteiger partial charge in [-0.3, -0.25) is 9.20 Å². The topological polar surface area (TPSA) is 70.4 Å². The van der Waals surface area contributed by atoms with E-state index in [-0.39, 0.29) is 5.56 Å². The van der Waals surface area contributed by atoms with E-state index in [1.807, 2.05) is 28.8 Å². The molecule has 2 heterocycles. The summed E-state index contributed by atoms with van der Waals surface area (Å²) in [5, 5.41) is 20.4. The van der Waals surface area contributed by atoms with Crippen LogP contribution in [0.3, 0.4) is 0 Å². The second kappa shape index (κ2) is 6.62. The van der Waals surface area contributed by atoms with E-state index in [2.05, 4.69) is 6.07 Å². The summed E-state index contributed by atoms with van der Waals surface area (Å²) in [4.78, 5) is 12.6. The molecule has 134 valence electrons. The lowest BCUT2D eigenvalue weighted by molar-refractivity contribution is 0.127. The molecule has 1 unspecified atom stereocenters. The summed E-state index contributed by atoms with van der Waals surface area (Å²) in [6.07, 6.45) is 5.16. The Bertz CT molecular complexity index is 1060. The molecule has 2 aromatic heterocycles. The number of nitrogens with zero attached hydrogens (tertiary/aromatic N) is 3. The summed E-state index contributed by atoms with van der Waals surface area (Å²) >= 11 is 0. The van der Waals surface area contributed by atoms with Crippen molar-refractivity contribution in [2.45, 2.75) is 51.7 Å². The lowest BCUT2D eigenvalue weighted by Crippen LogP contribution is -2.21. The average molecular weight is 349 g/mol. The molecule has 0 aliphatic heterocycles. The molecule has 26 heavy (non-hydrogen) atoms. The predicted molar refractivity (Wildman–Crippen MR) is 101 cm³/mol. The van der Waals surface area contributed by atoms with Crippen molar-refractivity contribution in [3.05, 3.63) is 51.8 Å². The Morgan fingerprint density at radius 1 is 1.27 bits per heavy atom. The maximum atomic E-state index is 12.6. The van der Waals surface area contributed by atoms with Crippen molar-refractivity contribution >= 4 is 16.7 Å². The summed E-state index contributed by atoms with van der Waals surface area (Å²) in [6, 6.07) is 11.4. The van der Waals surface area contributed by atoms with Gasteiger partial charge < -0.3 is 9.67 Å². The normalized spacial score (nSPS) is 16.3. The van der Waals surface area contributed by atoms with Crippen LogP contribution >= 0.6 is 0 Å². The van der Waals surface area contributed by atoms with Gasteiger partial charge in [0.15, 0.2) is 0 Å². The van der Waals surface area contributed by atoms with Gasteiger partial charge in [-0.25, -0.2) is 0 Å². The van der Waals surface area contributed by atoms with Gasteiger partial charge in [-0.2, -0.15) is 5.26 Å². The van der Waals surface area contributed by atoms with Crippen LogP contribution in [-0.4, -0.2) is 20.2 Å². The zero-order chi connectivity index (χ0) is 18.3. The zero-order valence-electron chi connectivity index (χ0n) is 15.0. The van der Waals surface area contributed by atoms with E-state index < -0.39 is 6.10 Å². The van der Waals surface area contributed by atoms with Gasteiger partial charge in [-0.15, -0.1) is 0 Å². The second-order valence-corrected chi connectivity index (χ2v) is 7.45. The van der Waals surface area contributed by atoms with Crippen molar-refractivity contribution in [1.82, 2.24) is 8.97 Å². The first-order valence-electron chi connectivity index (χ1n) is 9.32. The minimum Gasteiger partial charge on any atom is -0.391 e. The predicted octanol–water partition coefficient (Wildman–Crippen LogP) is 3.38. The molecule has 0 saturated heterocycles. The summed E-state index contributed by atoms with van der Waals surface area (Å²) < 4.78 is 3.55. The standard InChI is InChI=1S/C21H23N3O2/c1-14-10-20(26)24-19-9-5-4-8-18(19)23(21(24)17(14)12-22)13-16(25)11-15-6-2-3-7-15/h4-5,8-10,15-16,25H,2-3,6-7,11,13H2,1H3. The minimum absolute atomic E-state index is 0.142. The van der Waals surface area contributed by atoms with E-state index in [0.717, 1.165) is 17.5 Å². The van der Waals surface area contributed by atoms with E-state index in [0.29, 0.717) is 29.2 Å². The van der Waals surface area contributed by atoms with Crippen LogP contribution in [0.1, 0.15) is 43.2 Å². The molecular formula is C21H23N3O2. The number of rotatable bonds is 4. The molecule has 5 nitrogen and oxygen atoms in total. The Labute approximate surface area is 152 Å². The Hall–Kier alpha value is -2.58. The number of fused-ring (bicyclic) bond motifs is 3. The summed E-state index contributed by atoms with van der Waals surface area (Å²) in [7, 11) is 0. The van der Waals surface area contributed by atoms with Gasteiger partial charge in [-0.1, -0.05) is 37.8 Å². The lowest BCUT2D eigenvalue weighted by Gasteiger charge is -2.17. The van der Waals surface area contributed by atoms with Crippen LogP contribution in [0, 0.1) is 24.2 Å². The number of hydrogen-bond acceptors (Lipinski definition) is 3. The number of benzene rings is 1. The number of pyridine rings is 1. The highest BCUT2D eigenvalue weighted by Crippen LogP contribution is 2.30. The zero-order valence-corrected chi connectivity index (χ0v) is 15.0. The highest BCUT2D eigenvalue weighted by molar-refractivity contribution is 5.84. The molecule has 0 bridgehead atoms. The highest BCUT2D eigenvalue weighted by Gasteiger charge is 2.22. The Morgan fingerprint density at radius 2 is 1.96 bits per heavy atom. The molecule has 1 N–H and O–H groups in total. The number of nitriles is 1. The Balaban J connectivity index is 1.89. The average Bonchev–Trinajstić information content (AvgIpc) is 3.22. The number of aryl methyl sites for hydroxylation is 1. The number of imidazole rings is 1. The van der Waals surface area contributed by atoms with Crippen molar-refractivity contribution in [2.24, 2.45) is 5.92 Å². The maximum Gasteiger partial charge on any atom is 0.257 e. The first-order chi connectivity index (χ1) is 12.6. The van der Waals surface area contributed by atoms with Gasteiger partial charge in [0.05, 0.1) is 29.2 Å². The summed E-state index contributed by atoms with van der Waals surface area (Å²) in [5.74, 6) is 0.581. The van der Waals surface area contributed by atoms with Gasteiger partial charge in [0.2, 0.25) is 0 Å². The molecule has 5 heteroatoms. The van der Waals surface area contributed by atoms with Gasteiger partial charge >= 0.3 is 0 Å². The fraction of sp³-hybridized carbons (Fsp3) is 0.429. The summed E-state index contributed by atoms with van der Waals surface area (Å²) in [5.41, 5.74) is 3.26. The quantitative estimate of drug-likeness (QED) is 0.785. The largest absolute Gasteiger partial charge is 0.391 e. The van der Waals surface area contributed by atoms with Gasteiger partial charge in [-0.05, 0) is 37.0 Å². The Kier molecular flexibility index (Phi) is 4.29. The lowest BCUT2D eigenvalue weighted by atomic mass is 10.00. The first kappa shape index (κ1) is 16.9. The van der Waals surface area contributed by atoms with Gasteiger partial charge in [0, 0.05) is 6.07 Å². The van der Waals surface area contributed by atoms with Crippen molar-refractivity contribution in [2.75, 3.05) is 0 Å². The third-order valence-corrected chi connectivity index (χ3v) is 5.64. The molecule has 3 aromatic rings. The van der Waals surface area contributed by atoms with Crippen molar-refractivity contribution < 1.29 is 5.11 Å². The Morgan fingerprint density at radius 3 is 2.65 bits per heavy atom. The van der Waals surface area contributed by atoms with E-state index in [4.69, 9.17) is 0 Å². The van der Waals surface area contributed by atoms with Crippen LogP contribution in [0.2, 0.25) is 0 Å². The molecule has 0 radical (unpaired) electrons. The van der Waals surface area contributed by atoms with Crippen molar-refractivity contribution in [3.8, 4) is 6.07 Å². The van der Waals surface area contributed by atoms with E-state index in [9.17, 15) is 15.2 Å². The number of aliphatic hydroxyl groups is 1. The number of aliphatic hydroxyl groups excluding tert-OH is 1. The molecular weight excluding hydrogens is 326 g/mol. The molecule has 1 aliphatic rings. The van der Waals surface area contributed by atoms with Crippen LogP contribution in [0.25, 0.3) is 16.7 Å². The molecule has 1 aromatic carbocycles. The van der Waals surface area contributed by atoms with Crippen molar-refractivity contribution in [3.63, 3.8) is 0 Å². The van der Waals surface area contributed by atoms with Crippen LogP contribution in [0.5, 0.6) is 0 Å². The molecule has 0 spiro atoms. The maximum absolute atomic E-state index is 12.6. The van der Waals surface area contributed by atoms with Crippen LogP contribution in [-0.2, 0) is 6.54 Å². The number of aromatic nitrogens is 2. The molecule has 1 fully saturated rings. The van der Waals surface area contributed by atoms with Crippen LogP contribution < -0.4 is 5.56 Å². The van der Waals surface area contributed by atoms with E-state index in [1.54, 1.807) is 11.3 Å². The molecule has 4 rings (SSSR count). The third-order valence-electron chi connectivity index (χ3n) is 5.64. The van der Waals surface area contributed by atoms with E-state index >= 15 is 0 Å². The third kappa shape index (κ3) is 2.71. The van der Waals surface area contributed by atoms with Crippen LogP contribution in [0.15, 0.2) is 35.1 Å². The number of hydrogen-bond donors (Lipinski definition) is 1. The fourth-order valence-electron chi connectivity index (χ4n) is 4.44. The second-order valence-electron chi connectivity index (χ2n) is 7.45. The van der Waals surface area contributed by atoms with E-state index in [1.165, 1.54) is 31.7 Å². The first-order valence-corrected chi connectivity index (χ1v) is 9.32. The van der Waals surface area contributed by atoms with Crippen LogP contribution in [0.4, 0.5) is 0 Å². The smallest absolute Gasteiger partial charge is 0.257 e. The molecule has 1 aliphatic carbocycles. The fourth-order valence-corrected chi connectivity index (χ4v) is 4.44. The monoisotopic (exact) mass is 349 g/mol. The van der Waals surface area contributed by atoms with Gasteiger partial charge in [0.25, 0.3) is 5.56 Å². The minimum atomic E-state index is -0.486. The SMILES string of the molecule is Cc1cc(=O)n2c3ccccc3n(CC(O)CC3CCCC3)c2c1C#N. The summed E-state index contributed by atoms with van der Waals surface area (Å²) in [6.45, 7) is 2.18. The number of para-hydroxylation sites is 2. The highest BCUT2D eigenvalue weighted by atomic mass is 16.3. The molecule has 1 saturated carbocycles.